The lowest BCUT2D eigenvalue weighted by Crippen LogP contribution is -2.50. The largest absolute Gasteiger partial charge is 0.492 e. The van der Waals surface area contributed by atoms with Crippen molar-refractivity contribution in [2.45, 2.75) is 26.3 Å². The molecule has 0 unspecified atom stereocenters. The second-order valence-electron chi connectivity index (χ2n) is 4.94. The van der Waals surface area contributed by atoms with Crippen LogP contribution in [0.15, 0.2) is 24.3 Å². The van der Waals surface area contributed by atoms with Crippen LogP contribution in [0.5, 0.6) is 5.75 Å². The molecule has 0 saturated carbocycles. The molecule has 0 bridgehead atoms. The Morgan fingerprint density at radius 2 is 2.33 bits per heavy atom. The van der Waals surface area contributed by atoms with Crippen molar-refractivity contribution in [2.24, 2.45) is 0 Å². The summed E-state index contributed by atoms with van der Waals surface area (Å²) in [7, 11) is 0. The van der Waals surface area contributed by atoms with Crippen molar-refractivity contribution in [2.75, 3.05) is 32.8 Å². The molecule has 0 spiro atoms. The zero-order chi connectivity index (χ0) is 12.8. The van der Waals surface area contributed by atoms with Gasteiger partial charge in [0.25, 0.3) is 0 Å². The maximum Gasteiger partial charge on any atom is 0.119 e. The molecule has 0 radical (unpaired) electrons. The van der Waals surface area contributed by atoms with Gasteiger partial charge < -0.3 is 10.1 Å². The van der Waals surface area contributed by atoms with E-state index in [-0.39, 0.29) is 0 Å². The molecule has 1 aliphatic rings. The van der Waals surface area contributed by atoms with Crippen molar-refractivity contribution in [3.05, 3.63) is 29.8 Å². The van der Waals surface area contributed by atoms with Crippen LogP contribution in [0.1, 0.15) is 19.4 Å². The topological polar surface area (TPSA) is 24.5 Å². The van der Waals surface area contributed by atoms with Crippen molar-refractivity contribution in [1.82, 2.24) is 10.2 Å². The number of hydrogen-bond acceptors (Lipinski definition) is 3. The SMILES string of the molecule is CCc1cccc(OCCN2CCNC[C@@H]2C)c1. The third-order valence-electron chi connectivity index (χ3n) is 3.59. The van der Waals surface area contributed by atoms with Gasteiger partial charge in [-0.15, -0.1) is 0 Å². The predicted octanol–water partition coefficient (Wildman–Crippen LogP) is 1.92. The predicted molar refractivity (Wildman–Crippen MR) is 75.2 cm³/mol. The van der Waals surface area contributed by atoms with Crippen LogP contribution in [0.3, 0.4) is 0 Å². The fourth-order valence-electron chi connectivity index (χ4n) is 2.35. The highest BCUT2D eigenvalue weighted by molar-refractivity contribution is 5.28. The van der Waals surface area contributed by atoms with Gasteiger partial charge in [0.2, 0.25) is 0 Å². The smallest absolute Gasteiger partial charge is 0.119 e. The molecule has 1 saturated heterocycles. The summed E-state index contributed by atoms with van der Waals surface area (Å²) in [4.78, 5) is 2.49. The molecule has 3 nitrogen and oxygen atoms in total. The van der Waals surface area contributed by atoms with E-state index in [1.54, 1.807) is 0 Å². The normalized spacial score (nSPS) is 20.9. The average Bonchev–Trinajstić information content (AvgIpc) is 2.41. The van der Waals surface area contributed by atoms with Crippen LogP contribution in [-0.4, -0.2) is 43.7 Å². The van der Waals surface area contributed by atoms with Crippen LogP contribution in [-0.2, 0) is 6.42 Å². The van der Waals surface area contributed by atoms with E-state index in [0.717, 1.165) is 45.0 Å². The van der Waals surface area contributed by atoms with Gasteiger partial charge in [0.1, 0.15) is 12.4 Å². The highest BCUT2D eigenvalue weighted by Crippen LogP contribution is 2.13. The van der Waals surface area contributed by atoms with Gasteiger partial charge in [0.15, 0.2) is 0 Å². The van der Waals surface area contributed by atoms with Gasteiger partial charge in [-0.05, 0) is 31.0 Å². The van der Waals surface area contributed by atoms with Gasteiger partial charge in [-0.3, -0.25) is 4.90 Å². The number of nitrogens with zero attached hydrogens (tertiary/aromatic N) is 1. The summed E-state index contributed by atoms with van der Waals surface area (Å²) in [5, 5.41) is 3.41. The van der Waals surface area contributed by atoms with Gasteiger partial charge in [-0.1, -0.05) is 19.1 Å². The third-order valence-corrected chi connectivity index (χ3v) is 3.59. The second kappa shape index (κ2) is 6.76. The molecular formula is C15H24N2O. The van der Waals surface area contributed by atoms with Crippen molar-refractivity contribution >= 4 is 0 Å². The number of piperazine rings is 1. The third kappa shape index (κ3) is 3.72. The molecule has 0 aromatic heterocycles. The first-order valence-corrected chi connectivity index (χ1v) is 6.96. The molecule has 0 aliphatic carbocycles. The van der Waals surface area contributed by atoms with E-state index in [9.17, 15) is 0 Å². The van der Waals surface area contributed by atoms with Crippen LogP contribution >= 0.6 is 0 Å². The lowest BCUT2D eigenvalue weighted by atomic mass is 10.2. The fraction of sp³-hybridized carbons (Fsp3) is 0.600. The number of hydrogen-bond donors (Lipinski definition) is 1. The quantitative estimate of drug-likeness (QED) is 0.861. The van der Waals surface area contributed by atoms with E-state index in [1.165, 1.54) is 5.56 Å². The molecular weight excluding hydrogens is 224 g/mol. The first kappa shape index (κ1) is 13.4. The van der Waals surface area contributed by atoms with Crippen LogP contribution in [0, 0.1) is 0 Å². The molecule has 1 atom stereocenters. The highest BCUT2D eigenvalue weighted by Gasteiger charge is 2.16. The van der Waals surface area contributed by atoms with E-state index in [4.69, 9.17) is 4.74 Å². The molecule has 18 heavy (non-hydrogen) atoms. The first-order chi connectivity index (χ1) is 8.79. The van der Waals surface area contributed by atoms with E-state index in [2.05, 4.69) is 42.3 Å². The molecule has 1 N–H and O–H groups in total. The average molecular weight is 248 g/mol. The van der Waals surface area contributed by atoms with Crippen molar-refractivity contribution in [3.8, 4) is 5.75 Å². The molecule has 1 fully saturated rings. The monoisotopic (exact) mass is 248 g/mol. The number of aryl methyl sites for hydroxylation is 1. The standard InChI is InChI=1S/C15H24N2O/c1-3-14-5-4-6-15(11-14)18-10-9-17-8-7-16-12-13(17)2/h4-6,11,13,16H,3,7-10,12H2,1-2H3/t13-/m0/s1. The van der Waals surface area contributed by atoms with E-state index in [1.807, 2.05) is 6.07 Å². The Labute approximate surface area is 110 Å². The van der Waals surface area contributed by atoms with Crippen LogP contribution in [0.4, 0.5) is 0 Å². The maximum absolute atomic E-state index is 5.84. The van der Waals surface area contributed by atoms with Crippen LogP contribution in [0.2, 0.25) is 0 Å². The van der Waals surface area contributed by atoms with Crippen LogP contribution in [0.25, 0.3) is 0 Å². The van der Waals surface area contributed by atoms with Gasteiger partial charge in [0.05, 0.1) is 0 Å². The van der Waals surface area contributed by atoms with E-state index < -0.39 is 0 Å². The van der Waals surface area contributed by atoms with Gasteiger partial charge in [0, 0.05) is 32.2 Å². The molecule has 1 aliphatic heterocycles. The lowest BCUT2D eigenvalue weighted by Gasteiger charge is -2.33. The Morgan fingerprint density at radius 1 is 1.44 bits per heavy atom. The summed E-state index contributed by atoms with van der Waals surface area (Å²) >= 11 is 0. The van der Waals surface area contributed by atoms with Gasteiger partial charge in [-0.2, -0.15) is 0 Å². The Hall–Kier alpha value is -1.06. The Morgan fingerprint density at radius 3 is 3.11 bits per heavy atom. The minimum absolute atomic E-state index is 0.615. The van der Waals surface area contributed by atoms with Crippen molar-refractivity contribution < 1.29 is 4.74 Å². The number of rotatable bonds is 5. The van der Waals surface area contributed by atoms with Crippen molar-refractivity contribution in [3.63, 3.8) is 0 Å². The summed E-state index contributed by atoms with van der Waals surface area (Å²) in [5.41, 5.74) is 1.34. The molecule has 1 heterocycles. The van der Waals surface area contributed by atoms with Gasteiger partial charge >= 0.3 is 0 Å². The summed E-state index contributed by atoms with van der Waals surface area (Å²) in [6, 6.07) is 9.01. The minimum Gasteiger partial charge on any atom is -0.492 e. The zero-order valence-electron chi connectivity index (χ0n) is 11.5. The molecule has 100 valence electrons. The maximum atomic E-state index is 5.84. The van der Waals surface area contributed by atoms with Crippen LogP contribution < -0.4 is 10.1 Å². The molecule has 0 amide bonds. The molecule has 1 aromatic rings. The lowest BCUT2D eigenvalue weighted by molar-refractivity contribution is 0.143. The summed E-state index contributed by atoms with van der Waals surface area (Å²) in [5.74, 6) is 0.997. The first-order valence-electron chi connectivity index (χ1n) is 6.96. The Kier molecular flexibility index (Phi) is 5.02. The molecule has 1 aromatic carbocycles. The summed E-state index contributed by atoms with van der Waals surface area (Å²) < 4.78 is 5.84. The minimum atomic E-state index is 0.615. The summed E-state index contributed by atoms with van der Waals surface area (Å²) in [6.45, 7) is 9.53. The van der Waals surface area contributed by atoms with E-state index in [0.29, 0.717) is 6.04 Å². The molecule has 3 heteroatoms. The Bertz CT molecular complexity index is 367. The number of benzene rings is 1. The number of nitrogens with one attached hydrogen (secondary N) is 1. The molecule has 2 rings (SSSR count). The van der Waals surface area contributed by atoms with Gasteiger partial charge in [-0.25, -0.2) is 0 Å². The van der Waals surface area contributed by atoms with E-state index >= 15 is 0 Å². The Balaban J connectivity index is 1.77. The second-order valence-corrected chi connectivity index (χ2v) is 4.94. The number of ether oxygens (including phenoxy) is 1. The summed E-state index contributed by atoms with van der Waals surface area (Å²) in [6.07, 6.45) is 1.06. The fourth-order valence-corrected chi connectivity index (χ4v) is 2.35. The van der Waals surface area contributed by atoms with Crippen molar-refractivity contribution in [1.29, 1.82) is 0 Å². The zero-order valence-corrected chi connectivity index (χ0v) is 11.5. The highest BCUT2D eigenvalue weighted by atomic mass is 16.5.